The number of hydrazone groups is 1. The van der Waals surface area contributed by atoms with Gasteiger partial charge in [0.05, 0.1) is 17.9 Å². The fourth-order valence-corrected chi connectivity index (χ4v) is 2.82. The van der Waals surface area contributed by atoms with Crippen LogP contribution >= 0.6 is 0 Å². The topological polar surface area (TPSA) is 106 Å². The minimum absolute atomic E-state index is 0.278. The number of nitrogens with zero attached hydrogens (tertiary/aromatic N) is 1. The van der Waals surface area contributed by atoms with Crippen LogP contribution in [0.4, 0.5) is 5.69 Å². The van der Waals surface area contributed by atoms with E-state index in [1.54, 1.807) is 85.8 Å². The van der Waals surface area contributed by atoms with Crippen LogP contribution < -0.4 is 20.2 Å². The zero-order valence-corrected chi connectivity index (χ0v) is 18.2. The van der Waals surface area contributed by atoms with E-state index in [0.29, 0.717) is 34.9 Å². The molecule has 2 N–H and O–H groups in total. The first kappa shape index (κ1) is 23.2. The molecule has 0 aliphatic heterocycles. The second-order valence-electron chi connectivity index (χ2n) is 6.80. The average Bonchev–Trinajstić information content (AvgIpc) is 2.84. The predicted octanol–water partition coefficient (Wildman–Crippen LogP) is 3.78. The van der Waals surface area contributed by atoms with E-state index in [-0.39, 0.29) is 5.75 Å². The summed E-state index contributed by atoms with van der Waals surface area (Å²) in [6, 6.07) is 22.0. The number of para-hydroxylation sites is 1. The van der Waals surface area contributed by atoms with Crippen molar-refractivity contribution in [2.45, 2.75) is 13.8 Å². The molecule has 0 spiro atoms. The quantitative estimate of drug-likeness (QED) is 0.189. The minimum atomic E-state index is -0.943. The van der Waals surface area contributed by atoms with E-state index in [2.05, 4.69) is 15.8 Å². The molecule has 33 heavy (non-hydrogen) atoms. The summed E-state index contributed by atoms with van der Waals surface area (Å²) in [5.41, 5.74) is 3.91. The molecule has 3 rings (SSSR count). The molecular formula is C25H23N3O5. The number of hydrogen-bond acceptors (Lipinski definition) is 6. The maximum absolute atomic E-state index is 12.4. The van der Waals surface area contributed by atoms with Crippen molar-refractivity contribution in [3.63, 3.8) is 0 Å². The second-order valence-corrected chi connectivity index (χ2v) is 6.80. The highest BCUT2D eigenvalue weighted by molar-refractivity contribution is 6.39. The molecule has 0 bridgehead atoms. The Bertz CT molecular complexity index is 1160. The van der Waals surface area contributed by atoms with Crippen LogP contribution in [0.5, 0.6) is 11.5 Å². The fourth-order valence-electron chi connectivity index (χ4n) is 2.82. The zero-order chi connectivity index (χ0) is 23.6. The van der Waals surface area contributed by atoms with E-state index in [0.717, 1.165) is 0 Å². The minimum Gasteiger partial charge on any atom is -0.494 e. The van der Waals surface area contributed by atoms with Crippen LogP contribution in [0.2, 0.25) is 0 Å². The number of rotatable bonds is 7. The molecule has 0 aliphatic rings. The SMILES string of the molecule is CCOc1ccc(NC(=O)C(=O)N/N=C(\C)c2ccccc2OC(=O)c2ccccc2)cc1. The standard InChI is InChI=1S/C25H23N3O5/c1-3-32-20-15-13-19(14-16-20)26-23(29)24(30)28-27-17(2)21-11-7-8-12-22(21)33-25(31)18-9-5-4-6-10-18/h4-16H,3H2,1-2H3,(H,26,29)(H,28,30)/b27-17+. The molecule has 168 valence electrons. The average molecular weight is 445 g/mol. The van der Waals surface area contributed by atoms with Crippen molar-refractivity contribution in [3.05, 3.63) is 90.0 Å². The smallest absolute Gasteiger partial charge is 0.343 e. The van der Waals surface area contributed by atoms with E-state index >= 15 is 0 Å². The summed E-state index contributed by atoms with van der Waals surface area (Å²) in [7, 11) is 0. The van der Waals surface area contributed by atoms with Crippen LogP contribution in [-0.4, -0.2) is 30.1 Å². The molecule has 0 saturated heterocycles. The first-order valence-electron chi connectivity index (χ1n) is 10.2. The largest absolute Gasteiger partial charge is 0.494 e. The van der Waals surface area contributed by atoms with Gasteiger partial charge in [0.25, 0.3) is 0 Å². The first-order chi connectivity index (χ1) is 16.0. The number of carbonyl (C=O) groups is 3. The highest BCUT2D eigenvalue weighted by atomic mass is 16.5. The molecule has 0 aliphatic carbocycles. The van der Waals surface area contributed by atoms with Crippen LogP contribution in [0.1, 0.15) is 29.8 Å². The van der Waals surface area contributed by atoms with Crippen molar-refractivity contribution >= 4 is 29.2 Å². The molecule has 0 atom stereocenters. The van der Waals surface area contributed by atoms with E-state index < -0.39 is 17.8 Å². The van der Waals surface area contributed by atoms with Gasteiger partial charge in [0, 0.05) is 11.3 Å². The maximum atomic E-state index is 12.4. The number of amides is 2. The van der Waals surface area contributed by atoms with E-state index in [4.69, 9.17) is 9.47 Å². The highest BCUT2D eigenvalue weighted by Gasteiger charge is 2.15. The lowest BCUT2D eigenvalue weighted by Gasteiger charge is -2.10. The number of carbonyl (C=O) groups excluding carboxylic acids is 3. The number of benzene rings is 3. The fraction of sp³-hybridized carbons (Fsp3) is 0.120. The van der Waals surface area contributed by atoms with Gasteiger partial charge in [-0.15, -0.1) is 0 Å². The lowest BCUT2D eigenvalue weighted by atomic mass is 10.1. The van der Waals surface area contributed by atoms with Gasteiger partial charge in [-0.05, 0) is 62.4 Å². The Balaban J connectivity index is 1.63. The Hall–Kier alpha value is -4.46. The zero-order valence-electron chi connectivity index (χ0n) is 18.2. The lowest BCUT2D eigenvalue weighted by molar-refractivity contribution is -0.136. The van der Waals surface area contributed by atoms with Gasteiger partial charge in [0.2, 0.25) is 0 Å². The number of anilines is 1. The molecule has 0 aromatic heterocycles. The Morgan fingerprint density at radius 1 is 0.848 bits per heavy atom. The molecular weight excluding hydrogens is 422 g/mol. The van der Waals surface area contributed by atoms with Crippen molar-refractivity contribution < 1.29 is 23.9 Å². The molecule has 3 aromatic carbocycles. The summed E-state index contributed by atoms with van der Waals surface area (Å²) in [5, 5.41) is 6.47. The Kier molecular flexibility index (Phi) is 7.91. The van der Waals surface area contributed by atoms with Crippen LogP contribution in [0.25, 0.3) is 0 Å². The van der Waals surface area contributed by atoms with Gasteiger partial charge < -0.3 is 14.8 Å². The van der Waals surface area contributed by atoms with Crippen molar-refractivity contribution in [2.24, 2.45) is 5.10 Å². The summed E-state index contributed by atoms with van der Waals surface area (Å²) in [6.07, 6.45) is 0. The van der Waals surface area contributed by atoms with Crippen LogP contribution in [-0.2, 0) is 9.59 Å². The Morgan fingerprint density at radius 2 is 1.52 bits per heavy atom. The van der Waals surface area contributed by atoms with Crippen molar-refractivity contribution in [1.82, 2.24) is 5.43 Å². The number of ether oxygens (including phenoxy) is 2. The summed E-state index contributed by atoms with van der Waals surface area (Å²) in [5.74, 6) is -1.40. The molecule has 0 saturated carbocycles. The summed E-state index contributed by atoms with van der Waals surface area (Å²) in [4.78, 5) is 36.7. The van der Waals surface area contributed by atoms with Gasteiger partial charge >= 0.3 is 17.8 Å². The normalized spacial score (nSPS) is 10.8. The predicted molar refractivity (Wildman–Crippen MR) is 124 cm³/mol. The number of hydrogen-bond donors (Lipinski definition) is 2. The van der Waals surface area contributed by atoms with E-state index in [1.807, 2.05) is 6.92 Å². The van der Waals surface area contributed by atoms with Gasteiger partial charge in [0.15, 0.2) is 0 Å². The number of nitrogens with one attached hydrogen (secondary N) is 2. The second kappa shape index (κ2) is 11.2. The van der Waals surface area contributed by atoms with Gasteiger partial charge in [0.1, 0.15) is 11.5 Å². The molecule has 2 amide bonds. The Labute approximate surface area is 191 Å². The molecule has 0 fully saturated rings. The van der Waals surface area contributed by atoms with Gasteiger partial charge in [-0.3, -0.25) is 9.59 Å². The van der Waals surface area contributed by atoms with Gasteiger partial charge in [-0.25, -0.2) is 10.2 Å². The third kappa shape index (κ3) is 6.51. The lowest BCUT2D eigenvalue weighted by Crippen LogP contribution is -2.33. The molecule has 0 unspecified atom stereocenters. The van der Waals surface area contributed by atoms with Gasteiger partial charge in [-0.1, -0.05) is 30.3 Å². The van der Waals surface area contributed by atoms with Crippen molar-refractivity contribution in [2.75, 3.05) is 11.9 Å². The van der Waals surface area contributed by atoms with Crippen molar-refractivity contribution in [3.8, 4) is 11.5 Å². The first-order valence-corrected chi connectivity index (χ1v) is 10.2. The molecule has 3 aromatic rings. The molecule has 8 nitrogen and oxygen atoms in total. The van der Waals surface area contributed by atoms with E-state index in [1.165, 1.54) is 0 Å². The summed E-state index contributed by atoms with van der Waals surface area (Å²) < 4.78 is 10.8. The van der Waals surface area contributed by atoms with Crippen LogP contribution in [0.15, 0.2) is 84.0 Å². The Morgan fingerprint density at radius 3 is 2.21 bits per heavy atom. The van der Waals surface area contributed by atoms with Crippen LogP contribution in [0.3, 0.4) is 0 Å². The molecule has 0 heterocycles. The third-order valence-corrected chi connectivity index (χ3v) is 4.44. The van der Waals surface area contributed by atoms with Crippen molar-refractivity contribution in [1.29, 1.82) is 0 Å². The van der Waals surface area contributed by atoms with Crippen LogP contribution in [0, 0.1) is 0 Å². The summed E-state index contributed by atoms with van der Waals surface area (Å²) >= 11 is 0. The molecule has 0 radical (unpaired) electrons. The molecule has 8 heteroatoms. The monoisotopic (exact) mass is 445 g/mol. The highest BCUT2D eigenvalue weighted by Crippen LogP contribution is 2.20. The van der Waals surface area contributed by atoms with Gasteiger partial charge in [-0.2, -0.15) is 5.10 Å². The van der Waals surface area contributed by atoms with E-state index in [9.17, 15) is 14.4 Å². The summed E-state index contributed by atoms with van der Waals surface area (Å²) in [6.45, 7) is 4.02. The number of esters is 1. The third-order valence-electron chi connectivity index (χ3n) is 4.44. The maximum Gasteiger partial charge on any atom is 0.343 e.